The van der Waals surface area contributed by atoms with Crippen LogP contribution in [0, 0.1) is 10.1 Å². The molecule has 2 aromatic heterocycles. The first-order chi connectivity index (χ1) is 6.59. The smallest absolute Gasteiger partial charge is 0.358 e. The molecular formula is C7H5BrN4O2. The van der Waals surface area contributed by atoms with Gasteiger partial charge in [0.2, 0.25) is 0 Å². The van der Waals surface area contributed by atoms with Crippen LogP contribution in [0.3, 0.4) is 0 Å². The monoisotopic (exact) mass is 256 g/mol. The Morgan fingerprint density at radius 2 is 2.36 bits per heavy atom. The molecule has 0 aliphatic heterocycles. The van der Waals surface area contributed by atoms with Gasteiger partial charge in [0, 0.05) is 15.7 Å². The molecule has 0 atom stereocenters. The maximum absolute atomic E-state index is 10.6. The number of nitrogen functional groups attached to an aromatic ring is 1. The molecule has 2 aromatic rings. The van der Waals surface area contributed by atoms with Crippen molar-refractivity contribution in [1.29, 1.82) is 0 Å². The molecule has 0 unspecified atom stereocenters. The van der Waals surface area contributed by atoms with Gasteiger partial charge in [0.05, 0.1) is 0 Å². The summed E-state index contributed by atoms with van der Waals surface area (Å²) in [6, 6.07) is 3.33. The van der Waals surface area contributed by atoms with Crippen LogP contribution in [-0.4, -0.2) is 14.3 Å². The van der Waals surface area contributed by atoms with Gasteiger partial charge in [-0.15, -0.1) is 0 Å². The summed E-state index contributed by atoms with van der Waals surface area (Å²) >= 11 is 3.22. The van der Waals surface area contributed by atoms with Crippen LogP contribution in [0.15, 0.2) is 22.8 Å². The van der Waals surface area contributed by atoms with Crippen LogP contribution in [-0.2, 0) is 0 Å². The number of aromatic nitrogens is 2. The van der Waals surface area contributed by atoms with Crippen molar-refractivity contribution in [1.82, 2.24) is 9.38 Å². The van der Waals surface area contributed by atoms with E-state index in [2.05, 4.69) is 20.9 Å². The van der Waals surface area contributed by atoms with Gasteiger partial charge in [0.1, 0.15) is 5.52 Å². The Morgan fingerprint density at radius 3 is 3.00 bits per heavy atom. The van der Waals surface area contributed by atoms with E-state index >= 15 is 0 Å². The molecule has 2 N–H and O–H groups in total. The number of rotatable bonds is 1. The first-order valence-electron chi connectivity index (χ1n) is 3.67. The molecular weight excluding hydrogens is 252 g/mol. The zero-order valence-corrected chi connectivity index (χ0v) is 8.43. The summed E-state index contributed by atoms with van der Waals surface area (Å²) in [6.07, 6.45) is 1.62. The fraction of sp³-hybridized carbons (Fsp3) is 0. The van der Waals surface area contributed by atoms with E-state index in [-0.39, 0.29) is 11.8 Å². The van der Waals surface area contributed by atoms with Gasteiger partial charge in [-0.2, -0.15) is 0 Å². The van der Waals surface area contributed by atoms with E-state index in [1.165, 1.54) is 4.40 Å². The van der Waals surface area contributed by atoms with E-state index in [0.717, 1.165) is 4.47 Å². The standard InChI is InChI=1S/C7H5BrN4O2/c8-4-1-2-11-5(3-4)6(12(13)14)10-7(11)9/h1-3H,(H2,9,10). The van der Waals surface area contributed by atoms with Gasteiger partial charge in [0.25, 0.3) is 0 Å². The molecule has 0 fully saturated rings. The third kappa shape index (κ3) is 1.22. The van der Waals surface area contributed by atoms with E-state index < -0.39 is 4.92 Å². The van der Waals surface area contributed by atoms with Crippen LogP contribution >= 0.6 is 15.9 Å². The predicted octanol–water partition coefficient (Wildman–Crippen LogP) is 1.59. The average molecular weight is 257 g/mol. The maximum atomic E-state index is 10.6. The van der Waals surface area contributed by atoms with Crippen LogP contribution < -0.4 is 5.73 Å². The lowest BCUT2D eigenvalue weighted by Gasteiger charge is -1.93. The zero-order chi connectivity index (χ0) is 10.3. The van der Waals surface area contributed by atoms with Crippen molar-refractivity contribution in [2.45, 2.75) is 0 Å². The van der Waals surface area contributed by atoms with Crippen molar-refractivity contribution in [3.05, 3.63) is 32.9 Å². The molecule has 0 radical (unpaired) electrons. The molecule has 7 heteroatoms. The summed E-state index contributed by atoms with van der Waals surface area (Å²) in [5.41, 5.74) is 5.87. The molecule has 0 amide bonds. The number of anilines is 1. The zero-order valence-electron chi connectivity index (χ0n) is 6.85. The van der Waals surface area contributed by atoms with Gasteiger partial charge in [-0.3, -0.25) is 4.40 Å². The highest BCUT2D eigenvalue weighted by atomic mass is 79.9. The first-order valence-corrected chi connectivity index (χ1v) is 4.46. The molecule has 6 nitrogen and oxygen atoms in total. The Morgan fingerprint density at radius 1 is 1.64 bits per heavy atom. The van der Waals surface area contributed by atoms with Gasteiger partial charge < -0.3 is 15.8 Å². The fourth-order valence-corrected chi connectivity index (χ4v) is 1.54. The van der Waals surface area contributed by atoms with E-state index in [4.69, 9.17) is 5.73 Å². The number of nitrogens with two attached hydrogens (primary N) is 1. The fourth-order valence-electron chi connectivity index (χ4n) is 1.20. The molecule has 72 valence electrons. The van der Waals surface area contributed by atoms with Crippen molar-refractivity contribution < 1.29 is 4.92 Å². The van der Waals surface area contributed by atoms with E-state index in [0.29, 0.717) is 5.52 Å². The number of hydrogen-bond donors (Lipinski definition) is 1. The van der Waals surface area contributed by atoms with Crippen molar-refractivity contribution in [2.75, 3.05) is 5.73 Å². The molecule has 14 heavy (non-hydrogen) atoms. The van der Waals surface area contributed by atoms with Gasteiger partial charge in [-0.1, -0.05) is 15.9 Å². The minimum Gasteiger partial charge on any atom is -0.358 e. The Balaban J connectivity index is 2.85. The second-order valence-electron chi connectivity index (χ2n) is 2.65. The predicted molar refractivity (Wildman–Crippen MR) is 54.0 cm³/mol. The third-order valence-corrected chi connectivity index (χ3v) is 2.28. The highest BCUT2D eigenvalue weighted by molar-refractivity contribution is 9.10. The van der Waals surface area contributed by atoms with E-state index in [1.54, 1.807) is 18.3 Å². The highest BCUT2D eigenvalue weighted by Crippen LogP contribution is 2.24. The number of pyridine rings is 1. The van der Waals surface area contributed by atoms with Gasteiger partial charge in [-0.05, 0) is 17.1 Å². The topological polar surface area (TPSA) is 86.5 Å². The summed E-state index contributed by atoms with van der Waals surface area (Å²) in [4.78, 5) is 13.7. The summed E-state index contributed by atoms with van der Waals surface area (Å²) in [7, 11) is 0. The van der Waals surface area contributed by atoms with Crippen LogP contribution in [0.1, 0.15) is 0 Å². The second-order valence-corrected chi connectivity index (χ2v) is 3.57. The molecule has 2 rings (SSSR count). The minimum absolute atomic E-state index is 0.110. The van der Waals surface area contributed by atoms with Crippen molar-refractivity contribution in [3.8, 4) is 0 Å². The number of nitrogens with zero attached hydrogens (tertiary/aromatic N) is 3. The van der Waals surface area contributed by atoms with Crippen molar-refractivity contribution in [3.63, 3.8) is 0 Å². The van der Waals surface area contributed by atoms with Crippen LogP contribution in [0.5, 0.6) is 0 Å². The van der Waals surface area contributed by atoms with Crippen LogP contribution in [0.25, 0.3) is 5.52 Å². The number of nitro groups is 1. The molecule has 2 heterocycles. The highest BCUT2D eigenvalue weighted by Gasteiger charge is 2.19. The Bertz CT molecular complexity index is 522. The lowest BCUT2D eigenvalue weighted by Crippen LogP contribution is -1.92. The summed E-state index contributed by atoms with van der Waals surface area (Å²) < 4.78 is 2.20. The van der Waals surface area contributed by atoms with E-state index in [1.807, 2.05) is 0 Å². The quantitative estimate of drug-likeness (QED) is 0.620. The van der Waals surface area contributed by atoms with Crippen molar-refractivity contribution >= 4 is 33.2 Å². The Hall–Kier alpha value is -1.63. The first kappa shape index (κ1) is 8.95. The summed E-state index contributed by atoms with van der Waals surface area (Å²) in [6.45, 7) is 0. The molecule has 0 spiro atoms. The molecule has 0 aliphatic rings. The molecule has 0 saturated carbocycles. The minimum atomic E-state index is -0.557. The van der Waals surface area contributed by atoms with Crippen molar-refractivity contribution in [2.24, 2.45) is 0 Å². The van der Waals surface area contributed by atoms with Gasteiger partial charge >= 0.3 is 11.8 Å². The lowest BCUT2D eigenvalue weighted by atomic mass is 10.4. The van der Waals surface area contributed by atoms with Crippen LogP contribution in [0.2, 0.25) is 0 Å². The number of halogens is 1. The van der Waals surface area contributed by atoms with Gasteiger partial charge in [-0.25, -0.2) is 0 Å². The van der Waals surface area contributed by atoms with Gasteiger partial charge in [0.15, 0.2) is 0 Å². The summed E-state index contributed by atoms with van der Waals surface area (Å²) in [5.74, 6) is -0.122. The maximum Gasteiger partial charge on any atom is 0.391 e. The van der Waals surface area contributed by atoms with E-state index in [9.17, 15) is 10.1 Å². The Kier molecular flexibility index (Phi) is 1.88. The molecule has 0 bridgehead atoms. The summed E-state index contributed by atoms with van der Waals surface area (Å²) in [5, 5.41) is 10.6. The average Bonchev–Trinajstić information content (AvgIpc) is 2.43. The number of hydrogen-bond acceptors (Lipinski definition) is 4. The largest absolute Gasteiger partial charge is 0.391 e. The van der Waals surface area contributed by atoms with Crippen LogP contribution in [0.4, 0.5) is 11.8 Å². The third-order valence-electron chi connectivity index (χ3n) is 1.79. The normalized spacial score (nSPS) is 10.6. The SMILES string of the molecule is Nc1nc([N+](=O)[O-])c2cc(Br)ccn12. The molecule has 0 saturated heterocycles. The lowest BCUT2D eigenvalue weighted by molar-refractivity contribution is -0.387. The molecule has 0 aliphatic carbocycles. The molecule has 0 aromatic carbocycles. The Labute approximate surface area is 86.6 Å². The number of fused-ring (bicyclic) bond motifs is 1. The number of imidazole rings is 1. The second kappa shape index (κ2) is 2.95.